The minimum Gasteiger partial charge on any atom is -0.455 e. The maximum Gasteiger partial charge on any atom is 0.358 e. The summed E-state index contributed by atoms with van der Waals surface area (Å²) in [7, 11) is 0. The Bertz CT molecular complexity index is 1260. The van der Waals surface area contributed by atoms with Crippen LogP contribution in [0.3, 0.4) is 0 Å². The monoisotopic (exact) mass is 503 g/mol. The SMILES string of the molecule is O=C(NCCN1CCN(c2cccc3c2OC=C(COC(=O)c2cnccn2)O3)CC1)c1cnccn1. The third-order valence-electron chi connectivity index (χ3n) is 5.85. The van der Waals surface area contributed by atoms with Gasteiger partial charge in [0.05, 0.1) is 18.1 Å². The van der Waals surface area contributed by atoms with E-state index in [1.54, 1.807) is 0 Å². The predicted molar refractivity (Wildman–Crippen MR) is 131 cm³/mol. The van der Waals surface area contributed by atoms with E-state index in [2.05, 4.69) is 35.1 Å². The molecule has 1 saturated heterocycles. The van der Waals surface area contributed by atoms with Crippen LogP contribution in [-0.4, -0.2) is 82.6 Å². The van der Waals surface area contributed by atoms with Gasteiger partial charge in [-0.3, -0.25) is 19.7 Å². The summed E-state index contributed by atoms with van der Waals surface area (Å²) < 4.78 is 17.1. The topological polar surface area (TPSA) is 132 Å². The second-order valence-electron chi connectivity index (χ2n) is 8.25. The number of hydrogen-bond donors (Lipinski definition) is 1. The molecule has 1 N–H and O–H groups in total. The zero-order valence-corrected chi connectivity index (χ0v) is 19.9. The van der Waals surface area contributed by atoms with E-state index in [-0.39, 0.29) is 18.2 Å². The molecule has 1 aromatic carbocycles. The van der Waals surface area contributed by atoms with Gasteiger partial charge in [-0.05, 0) is 12.1 Å². The average Bonchev–Trinajstić information content (AvgIpc) is 2.96. The van der Waals surface area contributed by atoms with Crippen LogP contribution in [0.15, 0.2) is 67.4 Å². The summed E-state index contributed by atoms with van der Waals surface area (Å²) in [4.78, 5) is 44.5. The maximum absolute atomic E-state index is 12.1. The molecule has 190 valence electrons. The van der Waals surface area contributed by atoms with E-state index in [4.69, 9.17) is 14.2 Å². The van der Waals surface area contributed by atoms with Gasteiger partial charge in [0, 0.05) is 64.1 Å². The molecule has 12 nitrogen and oxygen atoms in total. The summed E-state index contributed by atoms with van der Waals surface area (Å²) in [6, 6.07) is 5.71. The van der Waals surface area contributed by atoms with Crippen LogP contribution in [0.1, 0.15) is 21.0 Å². The zero-order chi connectivity index (χ0) is 25.5. The average molecular weight is 504 g/mol. The summed E-state index contributed by atoms with van der Waals surface area (Å²) in [5.41, 5.74) is 1.36. The number of ether oxygens (including phenoxy) is 3. The fourth-order valence-electron chi connectivity index (χ4n) is 3.97. The van der Waals surface area contributed by atoms with Gasteiger partial charge >= 0.3 is 5.97 Å². The van der Waals surface area contributed by atoms with Crippen molar-refractivity contribution < 1.29 is 23.8 Å². The Labute approximate surface area is 212 Å². The number of carbonyl (C=O) groups excluding carboxylic acids is 2. The Balaban J connectivity index is 1.10. The number of aromatic nitrogens is 4. The summed E-state index contributed by atoms with van der Waals surface area (Å²) in [6.07, 6.45) is 10.2. The number of hydrogen-bond acceptors (Lipinski definition) is 11. The fraction of sp³-hybridized carbons (Fsp3) is 0.280. The molecule has 0 atom stereocenters. The molecule has 5 rings (SSSR count). The standard InChI is InChI=1S/C25H25N7O5/c33-24(19-14-26-4-6-28-19)30-8-9-31-10-12-32(13-11-31)21-2-1-3-22-23(21)35-16-18(37-22)17-36-25(34)20-15-27-5-7-29-20/h1-7,14-16H,8-13,17H2,(H,30,33). The van der Waals surface area contributed by atoms with Crippen molar-refractivity contribution in [3.05, 3.63) is 78.8 Å². The lowest BCUT2D eigenvalue weighted by atomic mass is 10.2. The maximum atomic E-state index is 12.1. The number of anilines is 1. The molecule has 1 amide bonds. The fourth-order valence-corrected chi connectivity index (χ4v) is 3.97. The van der Waals surface area contributed by atoms with Gasteiger partial charge in [0.15, 0.2) is 29.6 Å². The van der Waals surface area contributed by atoms with Crippen LogP contribution >= 0.6 is 0 Å². The number of fused-ring (bicyclic) bond motifs is 1. The molecule has 0 bridgehead atoms. The Morgan fingerprint density at radius 2 is 1.73 bits per heavy atom. The third kappa shape index (κ3) is 5.98. The van der Waals surface area contributed by atoms with Gasteiger partial charge < -0.3 is 24.4 Å². The van der Waals surface area contributed by atoms with Crippen LogP contribution < -0.4 is 19.7 Å². The third-order valence-corrected chi connectivity index (χ3v) is 5.85. The predicted octanol–water partition coefficient (Wildman–Crippen LogP) is 1.29. The molecule has 0 spiro atoms. The molecule has 4 heterocycles. The largest absolute Gasteiger partial charge is 0.455 e. The minimum atomic E-state index is -0.594. The van der Waals surface area contributed by atoms with E-state index < -0.39 is 5.97 Å². The van der Waals surface area contributed by atoms with Gasteiger partial charge in [-0.15, -0.1) is 0 Å². The first kappa shape index (κ1) is 24.1. The highest BCUT2D eigenvalue weighted by Gasteiger charge is 2.25. The Kier molecular flexibility index (Phi) is 7.46. The quantitative estimate of drug-likeness (QED) is 0.446. The minimum absolute atomic E-state index is 0.0921. The van der Waals surface area contributed by atoms with Crippen molar-refractivity contribution in [1.82, 2.24) is 30.2 Å². The first-order valence-electron chi connectivity index (χ1n) is 11.8. The second kappa shape index (κ2) is 11.4. The summed E-state index contributed by atoms with van der Waals surface area (Å²) in [5.74, 6) is 0.727. The van der Waals surface area contributed by atoms with Crippen molar-refractivity contribution in [3.8, 4) is 11.5 Å². The molecular formula is C25H25N7O5. The van der Waals surface area contributed by atoms with Crippen LogP contribution in [0.4, 0.5) is 5.69 Å². The van der Waals surface area contributed by atoms with Crippen molar-refractivity contribution in [2.75, 3.05) is 50.8 Å². The molecular weight excluding hydrogens is 478 g/mol. The van der Waals surface area contributed by atoms with Crippen molar-refractivity contribution in [2.45, 2.75) is 0 Å². The molecule has 3 aromatic rings. The van der Waals surface area contributed by atoms with Crippen molar-refractivity contribution >= 4 is 17.6 Å². The molecule has 12 heteroatoms. The highest BCUT2D eigenvalue weighted by Crippen LogP contribution is 2.41. The molecule has 0 aliphatic carbocycles. The number of para-hydroxylation sites is 1. The van der Waals surface area contributed by atoms with Crippen LogP contribution in [0.5, 0.6) is 11.5 Å². The van der Waals surface area contributed by atoms with E-state index in [0.29, 0.717) is 29.5 Å². The van der Waals surface area contributed by atoms with Crippen molar-refractivity contribution in [1.29, 1.82) is 0 Å². The molecule has 0 unspecified atom stereocenters. The number of esters is 1. The Hall–Kier alpha value is -4.58. The first-order chi connectivity index (χ1) is 18.2. The van der Waals surface area contributed by atoms with E-state index in [9.17, 15) is 9.59 Å². The number of nitrogens with one attached hydrogen (secondary N) is 1. The van der Waals surface area contributed by atoms with Crippen LogP contribution in [0.25, 0.3) is 0 Å². The molecule has 37 heavy (non-hydrogen) atoms. The van der Waals surface area contributed by atoms with Gasteiger partial charge in [0.2, 0.25) is 0 Å². The van der Waals surface area contributed by atoms with Gasteiger partial charge in [-0.2, -0.15) is 0 Å². The van der Waals surface area contributed by atoms with Gasteiger partial charge in [-0.25, -0.2) is 14.8 Å². The number of benzene rings is 1. The van der Waals surface area contributed by atoms with Crippen molar-refractivity contribution in [2.24, 2.45) is 0 Å². The molecule has 2 aromatic heterocycles. The lowest BCUT2D eigenvalue weighted by Crippen LogP contribution is -2.48. The first-order valence-corrected chi connectivity index (χ1v) is 11.8. The molecule has 2 aliphatic heterocycles. The summed E-state index contributed by atoms with van der Waals surface area (Å²) in [5, 5.41) is 2.88. The van der Waals surface area contributed by atoms with E-state index in [1.165, 1.54) is 43.4 Å². The van der Waals surface area contributed by atoms with Crippen molar-refractivity contribution in [3.63, 3.8) is 0 Å². The highest BCUT2D eigenvalue weighted by molar-refractivity contribution is 5.91. The number of piperazine rings is 1. The Morgan fingerprint density at radius 3 is 2.46 bits per heavy atom. The normalized spacial score (nSPS) is 15.0. The summed E-state index contributed by atoms with van der Waals surface area (Å²) >= 11 is 0. The lowest BCUT2D eigenvalue weighted by molar-refractivity contribution is 0.0492. The van der Waals surface area contributed by atoms with E-state index >= 15 is 0 Å². The molecule has 0 saturated carbocycles. The summed E-state index contributed by atoms with van der Waals surface area (Å²) in [6.45, 7) is 4.45. The number of amides is 1. The van der Waals surface area contributed by atoms with Crippen LogP contribution in [0.2, 0.25) is 0 Å². The van der Waals surface area contributed by atoms with E-state index in [0.717, 1.165) is 38.4 Å². The number of carbonyl (C=O) groups is 2. The van der Waals surface area contributed by atoms with Gasteiger partial charge in [0.25, 0.3) is 5.91 Å². The Morgan fingerprint density at radius 1 is 0.973 bits per heavy atom. The molecule has 2 aliphatic rings. The molecule has 0 radical (unpaired) electrons. The smallest absolute Gasteiger partial charge is 0.358 e. The zero-order valence-electron chi connectivity index (χ0n) is 19.9. The second-order valence-corrected chi connectivity index (χ2v) is 8.25. The number of rotatable bonds is 8. The van der Waals surface area contributed by atoms with Crippen LogP contribution in [-0.2, 0) is 4.74 Å². The van der Waals surface area contributed by atoms with Gasteiger partial charge in [-0.1, -0.05) is 6.07 Å². The highest BCUT2D eigenvalue weighted by atomic mass is 16.6. The number of nitrogens with zero attached hydrogens (tertiary/aromatic N) is 6. The van der Waals surface area contributed by atoms with Crippen LogP contribution in [0, 0.1) is 0 Å². The molecule has 1 fully saturated rings. The van der Waals surface area contributed by atoms with Gasteiger partial charge in [0.1, 0.15) is 12.0 Å². The lowest BCUT2D eigenvalue weighted by Gasteiger charge is -2.37. The van der Waals surface area contributed by atoms with E-state index in [1.807, 2.05) is 18.2 Å².